The van der Waals surface area contributed by atoms with Crippen LogP contribution in [0.15, 0.2) is 6.20 Å². The Kier molecular flexibility index (Phi) is 3.57. The van der Waals surface area contributed by atoms with E-state index in [1.54, 1.807) is 17.9 Å². The van der Waals surface area contributed by atoms with Gasteiger partial charge < -0.3 is 10.5 Å². The second-order valence-electron chi connectivity index (χ2n) is 4.76. The Labute approximate surface area is 95.6 Å². The van der Waals surface area contributed by atoms with Crippen LogP contribution in [0.2, 0.25) is 0 Å². The minimum absolute atomic E-state index is 0.215. The van der Waals surface area contributed by atoms with E-state index in [9.17, 15) is 4.79 Å². The van der Waals surface area contributed by atoms with Crippen LogP contribution in [0, 0.1) is 0 Å². The third-order valence-electron chi connectivity index (χ3n) is 2.08. The summed E-state index contributed by atoms with van der Waals surface area (Å²) in [6, 6.07) is 0. The topological polar surface area (TPSA) is 70.1 Å². The summed E-state index contributed by atoms with van der Waals surface area (Å²) >= 11 is 0. The van der Waals surface area contributed by atoms with Gasteiger partial charge in [0.05, 0.1) is 24.0 Å². The van der Waals surface area contributed by atoms with Crippen LogP contribution < -0.4 is 5.73 Å². The molecule has 0 atom stereocenters. The van der Waals surface area contributed by atoms with E-state index in [4.69, 9.17) is 10.5 Å². The first-order valence-corrected chi connectivity index (χ1v) is 5.28. The van der Waals surface area contributed by atoms with E-state index < -0.39 is 5.60 Å². The van der Waals surface area contributed by atoms with Crippen molar-refractivity contribution in [3.05, 3.63) is 11.9 Å². The number of carbonyl (C=O) groups is 1. The minimum atomic E-state index is -0.435. The fraction of sp³-hybridized carbons (Fsp3) is 0.636. The molecule has 0 aromatic carbocycles. The van der Waals surface area contributed by atoms with Gasteiger partial charge in [0.15, 0.2) is 0 Å². The fourth-order valence-electron chi connectivity index (χ4n) is 1.40. The van der Waals surface area contributed by atoms with Gasteiger partial charge in [0, 0.05) is 13.5 Å². The van der Waals surface area contributed by atoms with Crippen molar-refractivity contribution >= 4 is 11.7 Å². The minimum Gasteiger partial charge on any atom is -0.460 e. The number of aromatic nitrogens is 2. The Morgan fingerprint density at radius 2 is 2.19 bits per heavy atom. The van der Waals surface area contributed by atoms with Gasteiger partial charge in [0.1, 0.15) is 5.60 Å². The summed E-state index contributed by atoms with van der Waals surface area (Å²) in [5.41, 5.74) is 6.77. The zero-order valence-corrected chi connectivity index (χ0v) is 10.3. The van der Waals surface area contributed by atoms with Gasteiger partial charge in [0.25, 0.3) is 0 Å². The van der Waals surface area contributed by atoms with Crippen molar-refractivity contribution in [1.29, 1.82) is 0 Å². The third kappa shape index (κ3) is 3.56. The van der Waals surface area contributed by atoms with E-state index in [0.29, 0.717) is 18.5 Å². The van der Waals surface area contributed by atoms with Crippen LogP contribution in [0.25, 0.3) is 0 Å². The maximum atomic E-state index is 11.5. The molecule has 2 N–H and O–H groups in total. The molecule has 1 heterocycles. The highest BCUT2D eigenvalue weighted by Crippen LogP contribution is 2.14. The van der Waals surface area contributed by atoms with Crippen LogP contribution in [-0.2, 0) is 23.0 Å². The maximum absolute atomic E-state index is 11.5. The molecule has 0 unspecified atom stereocenters. The van der Waals surface area contributed by atoms with Gasteiger partial charge in [-0.3, -0.25) is 9.48 Å². The molecule has 1 aromatic heterocycles. The largest absolute Gasteiger partial charge is 0.460 e. The molecule has 0 aliphatic carbocycles. The molecule has 0 radical (unpaired) electrons. The van der Waals surface area contributed by atoms with Gasteiger partial charge in [-0.1, -0.05) is 0 Å². The predicted molar refractivity (Wildman–Crippen MR) is 61.8 cm³/mol. The molecule has 0 spiro atoms. The first-order chi connectivity index (χ1) is 7.29. The highest BCUT2D eigenvalue weighted by molar-refractivity contribution is 5.70. The van der Waals surface area contributed by atoms with Crippen LogP contribution in [0.4, 0.5) is 5.69 Å². The first-order valence-electron chi connectivity index (χ1n) is 5.28. The average Bonchev–Trinajstić information content (AvgIpc) is 2.41. The van der Waals surface area contributed by atoms with Crippen molar-refractivity contribution in [1.82, 2.24) is 9.78 Å². The number of ether oxygens (including phenoxy) is 1. The second kappa shape index (κ2) is 4.55. The van der Waals surface area contributed by atoms with E-state index in [2.05, 4.69) is 5.10 Å². The van der Waals surface area contributed by atoms with Gasteiger partial charge >= 0.3 is 5.97 Å². The highest BCUT2D eigenvalue weighted by atomic mass is 16.6. The smallest absolute Gasteiger partial charge is 0.306 e. The van der Waals surface area contributed by atoms with Gasteiger partial charge in [-0.2, -0.15) is 5.10 Å². The van der Waals surface area contributed by atoms with Crippen LogP contribution in [0.3, 0.4) is 0 Å². The monoisotopic (exact) mass is 225 g/mol. The molecule has 90 valence electrons. The molecule has 0 saturated carbocycles. The summed E-state index contributed by atoms with van der Waals surface area (Å²) in [5.74, 6) is -0.215. The molecule has 0 amide bonds. The van der Waals surface area contributed by atoms with Gasteiger partial charge in [-0.25, -0.2) is 0 Å². The molecular formula is C11H19N3O2. The van der Waals surface area contributed by atoms with Crippen molar-refractivity contribution in [2.75, 3.05) is 5.73 Å². The number of hydrogen-bond acceptors (Lipinski definition) is 4. The number of aryl methyl sites for hydroxylation is 1. The Hall–Kier alpha value is -1.52. The van der Waals surface area contributed by atoms with Crippen LogP contribution in [-0.4, -0.2) is 21.4 Å². The van der Waals surface area contributed by atoms with E-state index >= 15 is 0 Å². The Bertz CT molecular complexity index is 358. The summed E-state index contributed by atoms with van der Waals surface area (Å²) in [6.45, 7) is 5.55. The summed E-state index contributed by atoms with van der Waals surface area (Å²) in [7, 11) is 1.81. The normalized spacial score (nSPS) is 11.5. The Balaban J connectivity index is 2.50. The number of nitrogens with zero attached hydrogens (tertiary/aromatic N) is 2. The molecule has 5 heteroatoms. The number of rotatable bonds is 3. The molecule has 0 aliphatic rings. The Morgan fingerprint density at radius 3 is 2.62 bits per heavy atom. The second-order valence-corrected chi connectivity index (χ2v) is 4.76. The van der Waals surface area contributed by atoms with Gasteiger partial charge in [0.2, 0.25) is 0 Å². The molecule has 16 heavy (non-hydrogen) atoms. The quantitative estimate of drug-likeness (QED) is 0.787. The highest BCUT2D eigenvalue weighted by Gasteiger charge is 2.17. The van der Waals surface area contributed by atoms with Crippen molar-refractivity contribution in [3.8, 4) is 0 Å². The fourth-order valence-corrected chi connectivity index (χ4v) is 1.40. The lowest BCUT2D eigenvalue weighted by Gasteiger charge is -2.19. The van der Waals surface area contributed by atoms with E-state index in [1.165, 1.54) is 0 Å². The average molecular weight is 225 g/mol. The maximum Gasteiger partial charge on any atom is 0.306 e. The summed E-state index contributed by atoms with van der Waals surface area (Å²) < 4.78 is 6.89. The van der Waals surface area contributed by atoms with Crippen molar-refractivity contribution < 1.29 is 9.53 Å². The predicted octanol–water partition coefficient (Wildman–Crippen LogP) is 1.28. The zero-order chi connectivity index (χ0) is 12.3. The number of nitrogens with two attached hydrogens (primary N) is 1. The lowest BCUT2D eigenvalue weighted by molar-refractivity contribution is -0.154. The standard InChI is InChI=1S/C11H19N3O2/c1-11(2,3)16-10(15)6-5-9-8(12)7-13-14(9)4/h7H,5-6,12H2,1-4H3. The third-order valence-corrected chi connectivity index (χ3v) is 2.08. The van der Waals surface area contributed by atoms with Crippen molar-refractivity contribution in [2.45, 2.75) is 39.2 Å². The Morgan fingerprint density at radius 1 is 1.56 bits per heavy atom. The number of nitrogen functional groups attached to an aromatic ring is 1. The van der Waals surface area contributed by atoms with Crippen molar-refractivity contribution in [2.24, 2.45) is 7.05 Å². The molecular weight excluding hydrogens is 206 g/mol. The SMILES string of the molecule is Cn1ncc(N)c1CCC(=O)OC(C)(C)C. The molecule has 0 aliphatic heterocycles. The lowest BCUT2D eigenvalue weighted by Crippen LogP contribution is -2.24. The van der Waals surface area contributed by atoms with Crippen molar-refractivity contribution in [3.63, 3.8) is 0 Å². The van der Waals surface area contributed by atoms with Crippen LogP contribution >= 0.6 is 0 Å². The van der Waals surface area contributed by atoms with E-state index in [0.717, 1.165) is 5.69 Å². The van der Waals surface area contributed by atoms with Gasteiger partial charge in [-0.05, 0) is 20.8 Å². The van der Waals surface area contributed by atoms with Crippen LogP contribution in [0.1, 0.15) is 32.9 Å². The molecule has 0 fully saturated rings. The molecule has 0 saturated heterocycles. The zero-order valence-electron chi connectivity index (χ0n) is 10.3. The number of anilines is 1. The number of hydrogen-bond donors (Lipinski definition) is 1. The molecule has 0 bridgehead atoms. The summed E-state index contributed by atoms with van der Waals surface area (Å²) in [6.07, 6.45) is 2.46. The van der Waals surface area contributed by atoms with E-state index in [-0.39, 0.29) is 5.97 Å². The number of esters is 1. The van der Waals surface area contributed by atoms with Crippen LogP contribution in [0.5, 0.6) is 0 Å². The first kappa shape index (κ1) is 12.5. The molecule has 1 rings (SSSR count). The molecule has 5 nitrogen and oxygen atoms in total. The van der Waals surface area contributed by atoms with Gasteiger partial charge in [-0.15, -0.1) is 0 Å². The van der Waals surface area contributed by atoms with E-state index in [1.807, 2.05) is 20.8 Å². The number of carbonyl (C=O) groups excluding carboxylic acids is 1. The summed E-state index contributed by atoms with van der Waals surface area (Å²) in [4.78, 5) is 11.5. The lowest BCUT2D eigenvalue weighted by atomic mass is 10.2. The summed E-state index contributed by atoms with van der Waals surface area (Å²) in [5, 5.41) is 4.01. The molecule has 1 aromatic rings.